The van der Waals surface area contributed by atoms with Gasteiger partial charge in [-0.25, -0.2) is 0 Å². The third kappa shape index (κ3) is 12.1. The van der Waals surface area contributed by atoms with Crippen molar-refractivity contribution >= 4 is 41.4 Å². The van der Waals surface area contributed by atoms with Gasteiger partial charge in [-0.15, -0.1) is 0 Å². The minimum Gasteiger partial charge on any atom is -0.497 e. The molecule has 21 heteroatoms. The van der Waals surface area contributed by atoms with Crippen molar-refractivity contribution in [3.63, 3.8) is 0 Å². The standard InChI is InChI=1S/C48H60N6O15/c1-24-42(59)50-25(2)45(62)52(5)33(19-28-9-14-31(65-8)15-10-28)44(61)51-26(3)46(63)54(7)35-20-29-11-16-32(17-12-29)67-37-22-30(21-34(43(60)49-24)53(6)47(35)64)13-18-36(37)68-48-41(58)40(57)39(56)38(69-48)23-66-27(4)55/h9-18,22,24-26,33-35,38-41,48,56-58H,19-21,23H2,1-8H3,(H,49,60)(H,50,59)(H,51,61)/t24-,25+,26+,33+,34+,35+,38-,39-,40+,41-,48-/m1/s1. The fourth-order valence-corrected chi connectivity index (χ4v) is 8.24. The first-order chi connectivity index (χ1) is 32.7. The maximum Gasteiger partial charge on any atom is 0.302 e. The van der Waals surface area contributed by atoms with Gasteiger partial charge < -0.3 is 69.7 Å². The molecule has 0 unspecified atom stereocenters. The van der Waals surface area contributed by atoms with Gasteiger partial charge in [-0.05, 0) is 73.9 Å². The van der Waals surface area contributed by atoms with Gasteiger partial charge in [0.05, 0.1) is 7.11 Å². The van der Waals surface area contributed by atoms with Crippen molar-refractivity contribution in [2.75, 3.05) is 34.9 Å². The fourth-order valence-electron chi connectivity index (χ4n) is 8.24. The highest BCUT2D eigenvalue weighted by molar-refractivity contribution is 5.98. The van der Waals surface area contributed by atoms with Gasteiger partial charge in [0.1, 0.15) is 78.8 Å². The highest BCUT2D eigenvalue weighted by Crippen LogP contribution is 2.36. The van der Waals surface area contributed by atoms with Crippen LogP contribution in [0.4, 0.5) is 0 Å². The number of hydrogen-bond acceptors (Lipinski definition) is 15. The van der Waals surface area contributed by atoms with Crippen LogP contribution < -0.4 is 30.2 Å². The molecule has 4 heterocycles. The molecule has 6 N–H and O–H groups in total. The summed E-state index contributed by atoms with van der Waals surface area (Å²) >= 11 is 0. The molecule has 4 aliphatic heterocycles. The van der Waals surface area contributed by atoms with Crippen molar-refractivity contribution in [3.05, 3.63) is 83.4 Å². The number of aliphatic hydroxyl groups excluding tert-OH is 3. The van der Waals surface area contributed by atoms with Crippen LogP contribution in [-0.2, 0) is 62.3 Å². The number of hydrogen-bond donors (Lipinski definition) is 6. The largest absolute Gasteiger partial charge is 0.497 e. The lowest BCUT2D eigenvalue weighted by Crippen LogP contribution is -2.61. The monoisotopic (exact) mass is 960 g/mol. The second-order valence-corrected chi connectivity index (χ2v) is 17.5. The second-order valence-electron chi connectivity index (χ2n) is 17.5. The lowest BCUT2D eigenvalue weighted by atomic mass is 9.98. The van der Waals surface area contributed by atoms with Crippen LogP contribution in [0.5, 0.6) is 23.0 Å². The number of carbonyl (C=O) groups is 7. The summed E-state index contributed by atoms with van der Waals surface area (Å²) < 4.78 is 28.3. The van der Waals surface area contributed by atoms with Crippen molar-refractivity contribution in [2.24, 2.45) is 0 Å². The summed E-state index contributed by atoms with van der Waals surface area (Å²) in [5, 5.41) is 40.1. The van der Waals surface area contributed by atoms with Crippen molar-refractivity contribution in [2.45, 2.75) is 114 Å². The Kier molecular flexibility index (Phi) is 16.5. The van der Waals surface area contributed by atoms with Gasteiger partial charge in [0.2, 0.25) is 41.7 Å². The van der Waals surface area contributed by atoms with E-state index in [-0.39, 0.29) is 36.5 Å². The van der Waals surface area contributed by atoms with Gasteiger partial charge in [-0.3, -0.25) is 33.6 Å². The normalized spacial score (nSPS) is 28.6. The number of rotatable bonds is 7. The van der Waals surface area contributed by atoms with Crippen molar-refractivity contribution in [1.82, 2.24) is 30.7 Å². The first kappa shape index (κ1) is 51.6. The molecular formula is C48H60N6O15. The van der Waals surface area contributed by atoms with E-state index in [0.717, 1.165) is 6.92 Å². The molecule has 0 radical (unpaired) electrons. The zero-order valence-electron chi connectivity index (χ0n) is 39.6. The molecule has 0 aliphatic carbocycles. The molecule has 69 heavy (non-hydrogen) atoms. The highest BCUT2D eigenvalue weighted by atomic mass is 16.7. The van der Waals surface area contributed by atoms with Crippen molar-refractivity contribution in [3.8, 4) is 23.0 Å². The summed E-state index contributed by atoms with van der Waals surface area (Å²) in [6.07, 6.45) is -8.26. The molecule has 0 saturated carbocycles. The average molecular weight is 961 g/mol. The van der Waals surface area contributed by atoms with E-state index >= 15 is 0 Å². The van der Waals surface area contributed by atoms with E-state index in [1.54, 1.807) is 54.6 Å². The van der Waals surface area contributed by atoms with Gasteiger partial charge >= 0.3 is 5.97 Å². The van der Waals surface area contributed by atoms with Gasteiger partial charge in [0, 0.05) is 47.3 Å². The number of nitrogens with zero attached hydrogens (tertiary/aromatic N) is 3. The summed E-state index contributed by atoms with van der Waals surface area (Å²) in [7, 11) is 5.74. The molecule has 11 atom stereocenters. The van der Waals surface area contributed by atoms with Gasteiger partial charge in [-0.1, -0.05) is 30.3 Å². The Morgan fingerprint density at radius 1 is 0.681 bits per heavy atom. The fraction of sp³-hybridized carbons (Fsp3) is 0.479. The number of likely N-dealkylation sites (N-methyl/N-ethyl adjacent to an activating group) is 3. The smallest absolute Gasteiger partial charge is 0.302 e. The molecule has 2 saturated heterocycles. The Hall–Kier alpha value is -6.81. The van der Waals surface area contributed by atoms with Crippen molar-refractivity contribution in [1.29, 1.82) is 0 Å². The number of amides is 6. The molecule has 2 fully saturated rings. The molecule has 0 aromatic heterocycles. The van der Waals surface area contributed by atoms with Crippen LogP contribution in [0.3, 0.4) is 0 Å². The zero-order valence-corrected chi connectivity index (χ0v) is 39.6. The number of benzene rings is 3. The Morgan fingerprint density at radius 3 is 1.90 bits per heavy atom. The number of aliphatic hydroxyl groups is 3. The topological polar surface area (TPSA) is 272 Å². The van der Waals surface area contributed by atoms with Gasteiger partial charge in [0.15, 0.2) is 11.5 Å². The molecule has 3 aromatic carbocycles. The van der Waals surface area contributed by atoms with Crippen LogP contribution in [0.2, 0.25) is 0 Å². The van der Waals surface area contributed by atoms with Crippen LogP contribution in [0.25, 0.3) is 0 Å². The maximum atomic E-state index is 14.9. The molecule has 3 aromatic rings. The second kappa shape index (κ2) is 22.1. The van der Waals surface area contributed by atoms with E-state index in [1.165, 1.54) is 75.9 Å². The Bertz CT molecular complexity index is 2380. The molecular weight excluding hydrogens is 901 g/mol. The molecule has 6 amide bonds. The third-order valence-electron chi connectivity index (χ3n) is 12.5. The Labute approximate surface area is 398 Å². The number of ether oxygens (including phenoxy) is 5. The van der Waals surface area contributed by atoms with Gasteiger partial charge in [-0.2, -0.15) is 0 Å². The minimum atomic E-state index is -1.77. The van der Waals surface area contributed by atoms with Crippen LogP contribution >= 0.6 is 0 Å². The Balaban J connectivity index is 1.37. The number of carbonyl (C=O) groups excluding carboxylic acids is 7. The first-order valence-corrected chi connectivity index (χ1v) is 22.4. The molecule has 4 aliphatic rings. The predicted molar refractivity (Wildman–Crippen MR) is 243 cm³/mol. The molecule has 21 nitrogen and oxygen atoms in total. The summed E-state index contributed by atoms with van der Waals surface area (Å²) in [6, 6.07) is 10.6. The molecule has 6 bridgehead atoms. The first-order valence-electron chi connectivity index (χ1n) is 22.4. The van der Waals surface area contributed by atoms with Crippen LogP contribution in [0.15, 0.2) is 66.7 Å². The predicted octanol–water partition coefficient (Wildman–Crippen LogP) is -0.413. The summed E-state index contributed by atoms with van der Waals surface area (Å²) in [6.45, 7) is 5.01. The minimum absolute atomic E-state index is 0.0135. The van der Waals surface area contributed by atoms with Crippen LogP contribution in [0, 0.1) is 0 Å². The van der Waals surface area contributed by atoms with E-state index in [0.29, 0.717) is 22.4 Å². The number of methoxy groups -OCH3 is 1. The number of fused-ring (bicyclic) bond motifs is 2. The average Bonchev–Trinajstić information content (AvgIpc) is 3.33. The SMILES string of the molecule is COc1ccc(C[C@H]2C(=O)N[C@@H](C)C(=O)N(C)[C@H]3Cc4ccc(cc4)Oc4cc(ccc4O[C@@H]4O[C@H](COC(C)=O)[C@@H](O)[C@H](O)[C@H]4O)C[C@@H](C(=O)N[C@H](C)C(=O)N[C@@H](C)C(=O)N2C)N(C)C3=O)cc1. The lowest BCUT2D eigenvalue weighted by molar-refractivity contribution is -0.278. The number of esters is 1. The van der Waals surface area contributed by atoms with Crippen molar-refractivity contribution < 1.29 is 72.6 Å². The molecule has 372 valence electrons. The van der Waals surface area contributed by atoms with Crippen LogP contribution in [-0.4, -0.2) is 173 Å². The van der Waals surface area contributed by atoms with Crippen LogP contribution in [0.1, 0.15) is 44.4 Å². The zero-order chi connectivity index (χ0) is 50.4. The van der Waals surface area contributed by atoms with E-state index in [4.69, 9.17) is 23.7 Å². The van der Waals surface area contributed by atoms with E-state index in [1.807, 2.05) is 0 Å². The maximum absolute atomic E-state index is 14.9. The van der Waals surface area contributed by atoms with E-state index < -0.39 is 115 Å². The van der Waals surface area contributed by atoms with Gasteiger partial charge in [0.25, 0.3) is 0 Å². The van der Waals surface area contributed by atoms with E-state index in [2.05, 4.69) is 16.0 Å². The Morgan fingerprint density at radius 2 is 1.26 bits per heavy atom. The summed E-state index contributed by atoms with van der Waals surface area (Å²) in [5.41, 5.74) is 1.65. The molecule has 0 spiro atoms. The number of nitrogens with one attached hydrogen (secondary N) is 3. The third-order valence-corrected chi connectivity index (χ3v) is 12.5. The quantitative estimate of drug-likeness (QED) is 0.164. The lowest BCUT2D eigenvalue weighted by Gasteiger charge is -2.40. The summed E-state index contributed by atoms with van der Waals surface area (Å²) in [5.74, 6) is -3.86. The molecule has 7 rings (SSSR count). The van der Waals surface area contributed by atoms with E-state index in [9.17, 15) is 48.9 Å². The highest BCUT2D eigenvalue weighted by Gasteiger charge is 2.46. The summed E-state index contributed by atoms with van der Waals surface area (Å²) in [4.78, 5) is 101.